The van der Waals surface area contributed by atoms with Gasteiger partial charge in [-0.25, -0.2) is 0 Å². The van der Waals surface area contributed by atoms with Crippen molar-refractivity contribution < 1.29 is 0 Å². The predicted octanol–water partition coefficient (Wildman–Crippen LogP) is 2.92. The van der Waals surface area contributed by atoms with Crippen LogP contribution in [0.15, 0.2) is 24.3 Å². The molecule has 1 aromatic rings. The third-order valence-electron chi connectivity index (χ3n) is 3.39. The van der Waals surface area contributed by atoms with Crippen LogP contribution < -0.4 is 11.1 Å². The van der Waals surface area contributed by atoms with E-state index in [1.54, 1.807) is 0 Å². The lowest BCUT2D eigenvalue weighted by Gasteiger charge is -2.20. The Bertz CT molecular complexity index is 389. The van der Waals surface area contributed by atoms with Crippen LogP contribution in [0.2, 0.25) is 0 Å². The highest BCUT2D eigenvalue weighted by molar-refractivity contribution is 7.80. The lowest BCUT2D eigenvalue weighted by molar-refractivity contribution is 0.556. The number of hydrogen-bond acceptors (Lipinski definition) is 2. The molecule has 1 fully saturated rings. The standard InChI is InChI=1S/C13H18N2S/c1-9-5-4-8-11(9)15-12-7-3-2-6-10(12)13(14)16/h2-3,6-7,9,11,15H,4-5,8H2,1H3,(H2,14,16). The Morgan fingerprint density at radius 1 is 1.38 bits per heavy atom. The van der Waals surface area contributed by atoms with Gasteiger partial charge in [-0.3, -0.25) is 0 Å². The van der Waals surface area contributed by atoms with Gasteiger partial charge in [-0.05, 0) is 30.9 Å². The van der Waals surface area contributed by atoms with E-state index in [4.69, 9.17) is 18.0 Å². The first-order valence-corrected chi connectivity index (χ1v) is 6.24. The predicted molar refractivity (Wildman–Crippen MR) is 72.8 cm³/mol. The molecule has 3 heteroatoms. The summed E-state index contributed by atoms with van der Waals surface area (Å²) in [6.07, 6.45) is 3.87. The van der Waals surface area contributed by atoms with E-state index in [9.17, 15) is 0 Å². The van der Waals surface area contributed by atoms with Crippen LogP contribution >= 0.6 is 12.2 Å². The Kier molecular flexibility index (Phi) is 3.44. The molecule has 0 aliphatic heterocycles. The average molecular weight is 234 g/mol. The van der Waals surface area contributed by atoms with Crippen molar-refractivity contribution >= 4 is 22.9 Å². The summed E-state index contributed by atoms with van der Waals surface area (Å²) in [5.74, 6) is 0.736. The lowest BCUT2D eigenvalue weighted by atomic mass is 10.1. The van der Waals surface area contributed by atoms with E-state index < -0.39 is 0 Å². The van der Waals surface area contributed by atoms with Gasteiger partial charge in [0.25, 0.3) is 0 Å². The van der Waals surface area contributed by atoms with Crippen LogP contribution in [0, 0.1) is 5.92 Å². The molecule has 0 saturated heterocycles. The monoisotopic (exact) mass is 234 g/mol. The smallest absolute Gasteiger partial charge is 0.106 e. The lowest BCUT2D eigenvalue weighted by Crippen LogP contribution is -2.24. The van der Waals surface area contributed by atoms with Gasteiger partial charge in [-0.2, -0.15) is 0 Å². The SMILES string of the molecule is CC1CCCC1Nc1ccccc1C(N)=S. The van der Waals surface area contributed by atoms with Crippen molar-refractivity contribution in [1.29, 1.82) is 0 Å². The van der Waals surface area contributed by atoms with Crippen LogP contribution in [0.1, 0.15) is 31.7 Å². The van der Waals surface area contributed by atoms with Gasteiger partial charge in [-0.1, -0.05) is 37.7 Å². The highest BCUT2D eigenvalue weighted by Gasteiger charge is 2.23. The van der Waals surface area contributed by atoms with Gasteiger partial charge in [0.1, 0.15) is 4.99 Å². The minimum absolute atomic E-state index is 0.466. The number of thiocarbonyl (C=S) groups is 1. The van der Waals surface area contributed by atoms with E-state index in [0.717, 1.165) is 17.2 Å². The first-order chi connectivity index (χ1) is 7.68. The Morgan fingerprint density at radius 2 is 2.12 bits per heavy atom. The molecule has 2 unspecified atom stereocenters. The maximum atomic E-state index is 5.71. The van der Waals surface area contributed by atoms with Gasteiger partial charge in [0.05, 0.1) is 0 Å². The molecule has 1 saturated carbocycles. The second-order valence-corrected chi connectivity index (χ2v) is 5.01. The van der Waals surface area contributed by atoms with Crippen molar-refractivity contribution in [1.82, 2.24) is 0 Å². The second-order valence-electron chi connectivity index (χ2n) is 4.57. The molecule has 1 aromatic carbocycles. The van der Waals surface area contributed by atoms with Gasteiger partial charge in [0.15, 0.2) is 0 Å². The van der Waals surface area contributed by atoms with E-state index >= 15 is 0 Å². The second kappa shape index (κ2) is 4.83. The number of hydrogen-bond donors (Lipinski definition) is 2. The fourth-order valence-electron chi connectivity index (χ4n) is 2.38. The maximum absolute atomic E-state index is 5.71. The quantitative estimate of drug-likeness (QED) is 0.790. The largest absolute Gasteiger partial charge is 0.389 e. The summed E-state index contributed by atoms with van der Waals surface area (Å²) in [6.45, 7) is 2.30. The van der Waals surface area contributed by atoms with Crippen LogP contribution in [-0.4, -0.2) is 11.0 Å². The van der Waals surface area contributed by atoms with Crippen LogP contribution in [0.3, 0.4) is 0 Å². The molecule has 0 amide bonds. The molecular formula is C13H18N2S. The topological polar surface area (TPSA) is 38.0 Å². The first kappa shape index (κ1) is 11.4. The van der Waals surface area contributed by atoms with Crippen molar-refractivity contribution in [2.24, 2.45) is 11.7 Å². The van der Waals surface area contributed by atoms with E-state index in [0.29, 0.717) is 11.0 Å². The van der Waals surface area contributed by atoms with Crippen LogP contribution in [0.25, 0.3) is 0 Å². The van der Waals surface area contributed by atoms with Crippen LogP contribution in [0.4, 0.5) is 5.69 Å². The molecular weight excluding hydrogens is 216 g/mol. The summed E-state index contributed by atoms with van der Waals surface area (Å²) in [5.41, 5.74) is 7.75. The third-order valence-corrected chi connectivity index (χ3v) is 3.61. The van der Waals surface area contributed by atoms with Crippen LogP contribution in [0.5, 0.6) is 0 Å². The summed E-state index contributed by atoms with van der Waals surface area (Å²) in [5, 5.41) is 3.57. The molecule has 2 nitrogen and oxygen atoms in total. The van der Waals surface area contributed by atoms with Crippen molar-refractivity contribution in [3.05, 3.63) is 29.8 Å². The number of rotatable bonds is 3. The van der Waals surface area contributed by atoms with Crippen LogP contribution in [-0.2, 0) is 0 Å². The van der Waals surface area contributed by atoms with E-state index in [1.807, 2.05) is 18.2 Å². The summed E-state index contributed by atoms with van der Waals surface area (Å²) in [6, 6.07) is 8.58. The normalized spacial score (nSPS) is 24.3. The average Bonchev–Trinajstić information content (AvgIpc) is 2.65. The first-order valence-electron chi connectivity index (χ1n) is 5.84. The van der Waals surface area contributed by atoms with Gasteiger partial charge in [0, 0.05) is 17.3 Å². The highest BCUT2D eigenvalue weighted by atomic mass is 32.1. The Labute approximate surface area is 102 Å². The summed E-state index contributed by atoms with van der Waals surface area (Å²) < 4.78 is 0. The number of nitrogens with one attached hydrogen (secondary N) is 1. The van der Waals surface area contributed by atoms with E-state index in [1.165, 1.54) is 19.3 Å². The molecule has 0 aromatic heterocycles. The number of anilines is 1. The summed E-state index contributed by atoms with van der Waals surface area (Å²) in [7, 11) is 0. The fourth-order valence-corrected chi connectivity index (χ4v) is 2.56. The number of nitrogens with two attached hydrogens (primary N) is 1. The Morgan fingerprint density at radius 3 is 2.75 bits per heavy atom. The molecule has 2 rings (SSSR count). The maximum Gasteiger partial charge on any atom is 0.106 e. The molecule has 0 bridgehead atoms. The molecule has 16 heavy (non-hydrogen) atoms. The van der Waals surface area contributed by atoms with E-state index in [2.05, 4.69) is 18.3 Å². The van der Waals surface area contributed by atoms with Gasteiger partial charge < -0.3 is 11.1 Å². The molecule has 86 valence electrons. The van der Waals surface area contributed by atoms with Crippen molar-refractivity contribution in [3.8, 4) is 0 Å². The molecule has 1 aliphatic rings. The number of benzene rings is 1. The molecule has 0 radical (unpaired) electrons. The van der Waals surface area contributed by atoms with E-state index in [-0.39, 0.29) is 0 Å². The van der Waals surface area contributed by atoms with Gasteiger partial charge in [0.2, 0.25) is 0 Å². The van der Waals surface area contributed by atoms with Gasteiger partial charge >= 0.3 is 0 Å². The summed E-state index contributed by atoms with van der Waals surface area (Å²) >= 11 is 5.06. The molecule has 0 spiro atoms. The molecule has 1 aliphatic carbocycles. The zero-order valence-electron chi connectivity index (χ0n) is 9.57. The molecule has 0 heterocycles. The van der Waals surface area contributed by atoms with Gasteiger partial charge in [-0.15, -0.1) is 0 Å². The van der Waals surface area contributed by atoms with Crippen molar-refractivity contribution in [2.75, 3.05) is 5.32 Å². The molecule has 2 atom stereocenters. The zero-order valence-corrected chi connectivity index (χ0v) is 10.4. The highest BCUT2D eigenvalue weighted by Crippen LogP contribution is 2.29. The number of para-hydroxylation sites is 1. The summed E-state index contributed by atoms with van der Waals surface area (Å²) in [4.78, 5) is 0.466. The minimum Gasteiger partial charge on any atom is -0.389 e. The Hall–Kier alpha value is -1.09. The van der Waals surface area contributed by atoms with Crippen molar-refractivity contribution in [3.63, 3.8) is 0 Å². The zero-order chi connectivity index (χ0) is 11.5. The minimum atomic E-state index is 0.466. The van der Waals surface area contributed by atoms with Crippen molar-refractivity contribution in [2.45, 2.75) is 32.2 Å². The fraction of sp³-hybridized carbons (Fsp3) is 0.462. The third kappa shape index (κ3) is 2.35. The Balaban J connectivity index is 2.17. The molecule has 3 N–H and O–H groups in total.